The van der Waals surface area contributed by atoms with E-state index in [2.05, 4.69) is 5.32 Å². The average Bonchev–Trinajstić information content (AvgIpc) is 2.65. The highest BCUT2D eigenvalue weighted by molar-refractivity contribution is 6.17. The van der Waals surface area contributed by atoms with E-state index in [4.69, 9.17) is 40.0 Å². The third-order valence-electron chi connectivity index (χ3n) is 3.58. The zero-order valence-electron chi connectivity index (χ0n) is 15.2. The zero-order valence-corrected chi connectivity index (χ0v) is 16.0. The molecular formula is C17H34ClNO6. The first-order chi connectivity index (χ1) is 12.4. The van der Waals surface area contributed by atoms with Crippen LogP contribution in [0, 0.1) is 0 Å². The molecule has 1 rings (SSSR count). The van der Waals surface area contributed by atoms with Gasteiger partial charge in [0.2, 0.25) is 0 Å². The standard InChI is InChI=1S/C17H34ClNO6/c18-3-6-20-7-8-21-9-10-22-11-12-23-13-14-24-15-16-25-17-1-4-19-5-2-17/h17,19H,1-16H2. The molecule has 25 heavy (non-hydrogen) atoms. The first kappa shape index (κ1) is 23.0. The maximum Gasteiger partial charge on any atom is 0.0704 e. The Kier molecular flexibility index (Phi) is 17.3. The topological polar surface area (TPSA) is 67.4 Å². The van der Waals surface area contributed by atoms with Crippen molar-refractivity contribution in [3.8, 4) is 0 Å². The molecule has 1 aliphatic rings. The van der Waals surface area contributed by atoms with Gasteiger partial charge in [0.05, 0.1) is 78.8 Å². The molecule has 8 heteroatoms. The number of rotatable bonds is 18. The molecule has 1 fully saturated rings. The van der Waals surface area contributed by atoms with E-state index in [0.29, 0.717) is 84.7 Å². The molecule has 0 bridgehead atoms. The Bertz CT molecular complexity index is 270. The fourth-order valence-corrected chi connectivity index (χ4v) is 2.38. The molecular weight excluding hydrogens is 350 g/mol. The molecule has 0 radical (unpaired) electrons. The summed E-state index contributed by atoms with van der Waals surface area (Å²) >= 11 is 5.48. The van der Waals surface area contributed by atoms with Crippen LogP contribution in [-0.4, -0.2) is 97.7 Å². The second-order valence-corrected chi connectivity index (χ2v) is 5.95. The summed E-state index contributed by atoms with van der Waals surface area (Å²) < 4.78 is 32.6. The number of piperidine rings is 1. The normalized spacial score (nSPS) is 15.7. The van der Waals surface area contributed by atoms with Gasteiger partial charge in [-0.2, -0.15) is 0 Å². The number of alkyl halides is 1. The molecule has 0 spiro atoms. The van der Waals surface area contributed by atoms with Crippen molar-refractivity contribution < 1.29 is 28.4 Å². The van der Waals surface area contributed by atoms with Crippen molar-refractivity contribution in [1.29, 1.82) is 0 Å². The highest BCUT2D eigenvalue weighted by atomic mass is 35.5. The van der Waals surface area contributed by atoms with Crippen LogP contribution in [0.4, 0.5) is 0 Å². The summed E-state index contributed by atoms with van der Waals surface area (Å²) in [7, 11) is 0. The van der Waals surface area contributed by atoms with E-state index in [1.807, 2.05) is 0 Å². The van der Waals surface area contributed by atoms with Crippen molar-refractivity contribution in [2.75, 3.05) is 91.6 Å². The van der Waals surface area contributed by atoms with Crippen LogP contribution in [0.15, 0.2) is 0 Å². The predicted molar refractivity (Wildman–Crippen MR) is 96.7 cm³/mol. The SMILES string of the molecule is ClCCOCCOCCOCCOCCOCCOC1CCNCC1. The highest BCUT2D eigenvalue weighted by Crippen LogP contribution is 2.06. The molecule has 0 aromatic rings. The molecule has 0 amide bonds. The Hall–Kier alpha value is 0.01000. The minimum absolute atomic E-state index is 0.389. The van der Waals surface area contributed by atoms with Gasteiger partial charge in [-0.1, -0.05) is 0 Å². The lowest BCUT2D eigenvalue weighted by Crippen LogP contribution is -2.33. The summed E-state index contributed by atoms with van der Waals surface area (Å²) in [5.41, 5.74) is 0. The van der Waals surface area contributed by atoms with E-state index in [1.54, 1.807) is 0 Å². The molecule has 1 aliphatic heterocycles. The maximum absolute atomic E-state index is 5.75. The molecule has 1 N–H and O–H groups in total. The predicted octanol–water partition coefficient (Wildman–Crippen LogP) is 1.08. The van der Waals surface area contributed by atoms with Crippen molar-refractivity contribution in [3.05, 3.63) is 0 Å². The molecule has 0 saturated carbocycles. The van der Waals surface area contributed by atoms with Gasteiger partial charge in [-0.05, 0) is 25.9 Å². The second kappa shape index (κ2) is 18.8. The number of ether oxygens (including phenoxy) is 6. The molecule has 1 saturated heterocycles. The molecule has 0 unspecified atom stereocenters. The third-order valence-corrected chi connectivity index (χ3v) is 3.73. The van der Waals surface area contributed by atoms with Crippen molar-refractivity contribution in [3.63, 3.8) is 0 Å². The average molecular weight is 384 g/mol. The molecule has 150 valence electrons. The van der Waals surface area contributed by atoms with Gasteiger partial charge in [-0.3, -0.25) is 0 Å². The summed E-state index contributed by atoms with van der Waals surface area (Å²) in [4.78, 5) is 0. The summed E-state index contributed by atoms with van der Waals surface area (Å²) in [6.07, 6.45) is 2.58. The summed E-state index contributed by atoms with van der Waals surface area (Å²) in [6, 6.07) is 0. The zero-order chi connectivity index (χ0) is 17.8. The first-order valence-corrected chi connectivity index (χ1v) is 9.74. The molecule has 0 aromatic heterocycles. The highest BCUT2D eigenvalue weighted by Gasteiger charge is 2.12. The maximum atomic E-state index is 5.75. The van der Waals surface area contributed by atoms with Crippen LogP contribution in [0.2, 0.25) is 0 Å². The van der Waals surface area contributed by atoms with Crippen LogP contribution >= 0.6 is 11.6 Å². The number of hydrogen-bond donors (Lipinski definition) is 1. The lowest BCUT2D eigenvalue weighted by molar-refractivity contribution is -0.0294. The van der Waals surface area contributed by atoms with Crippen molar-refractivity contribution in [1.82, 2.24) is 5.32 Å². The van der Waals surface area contributed by atoms with Gasteiger partial charge in [0.25, 0.3) is 0 Å². The molecule has 0 aliphatic carbocycles. The summed E-state index contributed by atoms with van der Waals surface area (Å²) in [5, 5.41) is 3.32. The van der Waals surface area contributed by atoms with E-state index in [0.717, 1.165) is 25.9 Å². The van der Waals surface area contributed by atoms with Crippen molar-refractivity contribution >= 4 is 11.6 Å². The van der Waals surface area contributed by atoms with Gasteiger partial charge < -0.3 is 33.7 Å². The Morgan fingerprint density at radius 2 is 1.00 bits per heavy atom. The van der Waals surface area contributed by atoms with Gasteiger partial charge in [-0.25, -0.2) is 0 Å². The van der Waals surface area contributed by atoms with Crippen LogP contribution in [0.3, 0.4) is 0 Å². The fourth-order valence-electron chi connectivity index (χ4n) is 2.27. The van der Waals surface area contributed by atoms with Crippen molar-refractivity contribution in [2.24, 2.45) is 0 Å². The van der Waals surface area contributed by atoms with Gasteiger partial charge in [-0.15, -0.1) is 11.6 Å². The van der Waals surface area contributed by atoms with Crippen LogP contribution in [-0.2, 0) is 28.4 Å². The first-order valence-electron chi connectivity index (χ1n) is 9.20. The van der Waals surface area contributed by atoms with E-state index in [9.17, 15) is 0 Å². The van der Waals surface area contributed by atoms with E-state index in [-0.39, 0.29) is 0 Å². The minimum atomic E-state index is 0.389. The Labute approximate surface area is 156 Å². The number of nitrogens with one attached hydrogen (secondary N) is 1. The van der Waals surface area contributed by atoms with Gasteiger partial charge in [0, 0.05) is 5.88 Å². The molecule has 0 atom stereocenters. The smallest absolute Gasteiger partial charge is 0.0704 e. The van der Waals surface area contributed by atoms with E-state index < -0.39 is 0 Å². The quantitative estimate of drug-likeness (QED) is 0.280. The molecule has 0 aromatic carbocycles. The Morgan fingerprint density at radius 1 is 0.600 bits per heavy atom. The van der Waals surface area contributed by atoms with Gasteiger partial charge in [0.1, 0.15) is 0 Å². The third kappa shape index (κ3) is 15.9. The van der Waals surface area contributed by atoms with Crippen LogP contribution in [0.5, 0.6) is 0 Å². The summed E-state index contributed by atoms with van der Waals surface area (Å²) in [6.45, 7) is 8.48. The summed E-state index contributed by atoms with van der Waals surface area (Å²) in [5.74, 6) is 0.514. The van der Waals surface area contributed by atoms with Crippen LogP contribution < -0.4 is 5.32 Å². The Balaban J connectivity index is 1.65. The largest absolute Gasteiger partial charge is 0.378 e. The van der Waals surface area contributed by atoms with Crippen molar-refractivity contribution in [2.45, 2.75) is 18.9 Å². The molecule has 1 heterocycles. The van der Waals surface area contributed by atoms with Crippen LogP contribution in [0.1, 0.15) is 12.8 Å². The number of hydrogen-bond acceptors (Lipinski definition) is 7. The lowest BCUT2D eigenvalue weighted by atomic mass is 10.1. The number of halogens is 1. The van der Waals surface area contributed by atoms with Gasteiger partial charge >= 0.3 is 0 Å². The minimum Gasteiger partial charge on any atom is -0.378 e. The van der Waals surface area contributed by atoms with E-state index in [1.165, 1.54) is 0 Å². The second-order valence-electron chi connectivity index (χ2n) is 5.57. The van der Waals surface area contributed by atoms with E-state index >= 15 is 0 Å². The van der Waals surface area contributed by atoms with Crippen LogP contribution in [0.25, 0.3) is 0 Å². The molecule has 7 nitrogen and oxygen atoms in total. The lowest BCUT2D eigenvalue weighted by Gasteiger charge is -2.22. The Morgan fingerprint density at radius 3 is 1.44 bits per heavy atom. The monoisotopic (exact) mass is 383 g/mol. The van der Waals surface area contributed by atoms with Gasteiger partial charge in [0.15, 0.2) is 0 Å². The fraction of sp³-hybridized carbons (Fsp3) is 1.00.